The minimum atomic E-state index is -0.379. The van der Waals surface area contributed by atoms with E-state index in [0.717, 1.165) is 61.4 Å². The molecular weight excluding hydrogens is 396 g/mol. The van der Waals surface area contributed by atoms with Gasteiger partial charge in [0, 0.05) is 31.9 Å². The summed E-state index contributed by atoms with van der Waals surface area (Å²) in [6.07, 6.45) is 4.01. The third-order valence-corrected chi connectivity index (χ3v) is 6.80. The van der Waals surface area contributed by atoms with E-state index in [4.69, 9.17) is 5.41 Å². The number of amides is 1. The Balaban J connectivity index is 1.54. The Hall–Kier alpha value is -2.61. The summed E-state index contributed by atoms with van der Waals surface area (Å²) in [5.41, 5.74) is 2.29. The van der Waals surface area contributed by atoms with Crippen molar-refractivity contribution >= 4 is 45.6 Å². The minimum absolute atomic E-state index is 0.0886. The van der Waals surface area contributed by atoms with Gasteiger partial charge in [-0.1, -0.05) is 19.1 Å². The number of amidine groups is 3. The topological polar surface area (TPSA) is 75.4 Å². The van der Waals surface area contributed by atoms with Crippen molar-refractivity contribution in [2.24, 2.45) is 16.0 Å². The average molecular weight is 425 g/mol. The summed E-state index contributed by atoms with van der Waals surface area (Å²) in [4.78, 5) is 21.3. The Morgan fingerprint density at radius 3 is 2.47 bits per heavy atom. The molecule has 0 spiro atoms. The lowest BCUT2D eigenvalue weighted by atomic mass is 10.00. The summed E-state index contributed by atoms with van der Waals surface area (Å²) in [7, 11) is 0. The number of carbonyl (C=O) groups excluding carboxylic acids is 1. The van der Waals surface area contributed by atoms with Crippen molar-refractivity contribution in [1.29, 1.82) is 5.41 Å². The summed E-state index contributed by atoms with van der Waals surface area (Å²) < 4.78 is 0. The van der Waals surface area contributed by atoms with Crippen LogP contribution in [0.1, 0.15) is 39.2 Å². The fraction of sp³-hybridized carbons (Fsp3) is 0.455. The van der Waals surface area contributed by atoms with Crippen LogP contribution < -0.4 is 4.90 Å². The number of hydrazone groups is 1. The van der Waals surface area contributed by atoms with Crippen LogP contribution >= 0.6 is 11.8 Å². The van der Waals surface area contributed by atoms with E-state index in [1.54, 1.807) is 6.08 Å². The summed E-state index contributed by atoms with van der Waals surface area (Å²) in [5.74, 6) is 0.441. The molecule has 0 bridgehead atoms. The van der Waals surface area contributed by atoms with Gasteiger partial charge in [-0.05, 0) is 68.1 Å². The maximum absolute atomic E-state index is 12.6. The van der Waals surface area contributed by atoms with Gasteiger partial charge in [0.2, 0.25) is 5.17 Å². The van der Waals surface area contributed by atoms with Crippen molar-refractivity contribution in [1.82, 2.24) is 9.91 Å². The average Bonchev–Trinajstić information content (AvgIpc) is 3.17. The molecule has 0 saturated carbocycles. The first kappa shape index (κ1) is 20.7. The molecule has 1 amide bonds. The highest BCUT2D eigenvalue weighted by Crippen LogP contribution is 2.31. The fourth-order valence-corrected chi connectivity index (χ4v) is 4.79. The normalized spacial score (nSPS) is 21.1. The summed E-state index contributed by atoms with van der Waals surface area (Å²) in [6, 6.07) is 8.04. The molecule has 0 radical (unpaired) electrons. The fourth-order valence-electron chi connectivity index (χ4n) is 3.85. The maximum Gasteiger partial charge on any atom is 0.283 e. The highest BCUT2D eigenvalue weighted by atomic mass is 32.2. The van der Waals surface area contributed by atoms with Gasteiger partial charge in [-0.25, -0.2) is 0 Å². The lowest BCUT2D eigenvalue weighted by Crippen LogP contribution is -2.36. The molecule has 3 aliphatic rings. The number of carbonyl (C=O) groups is 1. The van der Waals surface area contributed by atoms with Crippen LogP contribution in [0.5, 0.6) is 0 Å². The smallest absolute Gasteiger partial charge is 0.283 e. The number of anilines is 1. The molecule has 3 aliphatic heterocycles. The lowest BCUT2D eigenvalue weighted by molar-refractivity contribution is -0.114. The number of hydrogen-bond donors (Lipinski definition) is 1. The summed E-state index contributed by atoms with van der Waals surface area (Å²) in [6.45, 7) is 10.3. The predicted octanol–water partition coefficient (Wildman–Crippen LogP) is 3.84. The molecule has 158 valence electrons. The van der Waals surface area contributed by atoms with Gasteiger partial charge in [0.05, 0.1) is 5.57 Å². The van der Waals surface area contributed by atoms with Crippen LogP contribution in [0, 0.1) is 11.3 Å². The molecule has 1 fully saturated rings. The van der Waals surface area contributed by atoms with E-state index < -0.39 is 0 Å². The highest BCUT2D eigenvalue weighted by Gasteiger charge is 2.37. The lowest BCUT2D eigenvalue weighted by Gasteiger charge is -2.30. The third kappa shape index (κ3) is 4.01. The molecule has 0 aromatic heterocycles. The van der Waals surface area contributed by atoms with E-state index >= 15 is 0 Å². The van der Waals surface area contributed by atoms with Gasteiger partial charge in [-0.15, -0.1) is 5.10 Å². The Kier molecular flexibility index (Phi) is 5.94. The number of rotatable bonds is 4. The second-order valence-electron chi connectivity index (χ2n) is 7.84. The van der Waals surface area contributed by atoms with Crippen molar-refractivity contribution in [2.75, 3.05) is 31.1 Å². The number of likely N-dealkylation sites (tertiary alicyclic amines) is 1. The Labute approximate surface area is 182 Å². The van der Waals surface area contributed by atoms with Gasteiger partial charge in [0.15, 0.2) is 11.0 Å². The number of hydrogen-bond acceptors (Lipinski definition) is 6. The zero-order chi connectivity index (χ0) is 21.3. The first-order chi connectivity index (χ1) is 14.5. The van der Waals surface area contributed by atoms with Gasteiger partial charge < -0.3 is 9.80 Å². The van der Waals surface area contributed by atoms with Gasteiger partial charge >= 0.3 is 0 Å². The second-order valence-corrected chi connectivity index (χ2v) is 8.77. The van der Waals surface area contributed by atoms with E-state index in [-0.39, 0.29) is 17.3 Å². The molecule has 1 saturated heterocycles. The highest BCUT2D eigenvalue weighted by molar-refractivity contribution is 8.26. The largest absolute Gasteiger partial charge is 0.372 e. The zero-order valence-electron chi connectivity index (χ0n) is 17.8. The molecule has 30 heavy (non-hydrogen) atoms. The number of nitrogens with zero attached hydrogens (tertiary/aromatic N) is 5. The molecule has 1 aromatic rings. The second kappa shape index (κ2) is 8.63. The van der Waals surface area contributed by atoms with Crippen LogP contribution in [-0.4, -0.2) is 58.2 Å². The molecule has 0 unspecified atom stereocenters. The van der Waals surface area contributed by atoms with Crippen molar-refractivity contribution in [3.8, 4) is 0 Å². The number of benzene rings is 1. The van der Waals surface area contributed by atoms with E-state index in [0.29, 0.717) is 5.17 Å². The summed E-state index contributed by atoms with van der Waals surface area (Å²) >= 11 is 1.39. The van der Waals surface area contributed by atoms with E-state index in [2.05, 4.69) is 40.7 Å². The molecule has 1 N–H and O–H groups in total. The van der Waals surface area contributed by atoms with E-state index in [1.807, 2.05) is 24.3 Å². The predicted molar refractivity (Wildman–Crippen MR) is 125 cm³/mol. The van der Waals surface area contributed by atoms with Crippen LogP contribution in [0.4, 0.5) is 5.69 Å². The molecule has 3 heterocycles. The minimum Gasteiger partial charge on any atom is -0.372 e. The molecule has 8 heteroatoms. The monoisotopic (exact) mass is 424 g/mol. The molecule has 1 aromatic carbocycles. The van der Waals surface area contributed by atoms with Gasteiger partial charge in [-0.2, -0.15) is 10.0 Å². The molecule has 7 nitrogen and oxygen atoms in total. The van der Waals surface area contributed by atoms with Crippen molar-refractivity contribution in [3.05, 3.63) is 35.4 Å². The molecule has 0 atom stereocenters. The van der Waals surface area contributed by atoms with Crippen LogP contribution in [0.15, 0.2) is 39.9 Å². The van der Waals surface area contributed by atoms with Gasteiger partial charge in [0.1, 0.15) is 0 Å². The molecule has 4 rings (SSSR count). The standard InChI is InChI=1S/C22H28N6OS/c1-4-26(5-2)17-8-6-16(7-9-17)14-18-19(23)28-21(24-20(18)29)30-22(25-28)27-12-10-15(3)11-13-27/h6-9,14-15,23H,4-5,10-13H2,1-3H3/b18-14-,23-19?. The molecular formula is C22H28N6OS. The quantitative estimate of drug-likeness (QED) is 0.743. The van der Waals surface area contributed by atoms with Crippen LogP contribution in [-0.2, 0) is 4.79 Å². The van der Waals surface area contributed by atoms with Crippen LogP contribution in [0.2, 0.25) is 0 Å². The van der Waals surface area contributed by atoms with Crippen LogP contribution in [0.3, 0.4) is 0 Å². The first-order valence-corrected chi connectivity index (χ1v) is 11.4. The Morgan fingerprint density at radius 2 is 1.83 bits per heavy atom. The summed E-state index contributed by atoms with van der Waals surface area (Å²) in [5, 5.41) is 16.0. The van der Waals surface area contributed by atoms with Gasteiger partial charge in [-0.3, -0.25) is 10.2 Å². The zero-order valence-corrected chi connectivity index (χ0v) is 18.6. The number of thioether (sulfide) groups is 1. The van der Waals surface area contributed by atoms with Crippen molar-refractivity contribution in [2.45, 2.75) is 33.6 Å². The number of fused-ring (bicyclic) bond motifs is 1. The van der Waals surface area contributed by atoms with Crippen molar-refractivity contribution in [3.63, 3.8) is 0 Å². The third-order valence-electron chi connectivity index (χ3n) is 5.83. The van der Waals surface area contributed by atoms with Gasteiger partial charge in [0.25, 0.3) is 5.91 Å². The van der Waals surface area contributed by atoms with Crippen LogP contribution in [0.25, 0.3) is 6.08 Å². The number of piperidine rings is 1. The Bertz CT molecular complexity index is 923. The number of nitrogens with one attached hydrogen (secondary N) is 1. The van der Waals surface area contributed by atoms with E-state index in [9.17, 15) is 4.79 Å². The SMILES string of the molecule is CCN(CC)c1ccc(/C=C2/C(=N)N3N=C(N4CCC(C)CC4)SC3=NC2=O)cc1. The first-order valence-electron chi connectivity index (χ1n) is 10.6. The Morgan fingerprint density at radius 1 is 1.17 bits per heavy atom. The molecule has 0 aliphatic carbocycles. The maximum atomic E-state index is 12.6. The number of aliphatic imine (C=N–C) groups is 1. The van der Waals surface area contributed by atoms with E-state index in [1.165, 1.54) is 16.8 Å². The van der Waals surface area contributed by atoms with Crippen molar-refractivity contribution < 1.29 is 4.79 Å².